The molecule has 1 aromatic heterocycles. The van der Waals surface area contributed by atoms with Crippen molar-refractivity contribution in [2.75, 3.05) is 12.4 Å². The number of hydrogen-bond acceptors (Lipinski definition) is 4. The van der Waals surface area contributed by atoms with Crippen molar-refractivity contribution in [2.24, 2.45) is 0 Å². The average molecular weight is 202 g/mol. The summed E-state index contributed by atoms with van der Waals surface area (Å²) < 4.78 is 5.45. The zero-order valence-corrected chi connectivity index (χ0v) is 8.59. The van der Waals surface area contributed by atoms with Crippen LogP contribution in [-0.4, -0.2) is 23.1 Å². The number of aromatic nitrogens is 2. The highest BCUT2D eigenvalue weighted by Gasteiger charge is 2.06. The van der Waals surface area contributed by atoms with Gasteiger partial charge in [-0.15, -0.1) is 0 Å². The number of ether oxygens (including phenoxy) is 1. The molecule has 0 unspecified atom stereocenters. The highest BCUT2D eigenvalue weighted by Crippen LogP contribution is 2.22. The standard InChI is InChI=1S/C8H12ClN3O/c1-5(2)13-6-4-11-8(9)12-7(6)10-3/h4-5H,1-3H3,(H,10,11,12). The van der Waals surface area contributed by atoms with Crippen molar-refractivity contribution in [1.82, 2.24) is 9.97 Å². The molecule has 5 heteroatoms. The highest BCUT2D eigenvalue weighted by molar-refractivity contribution is 6.28. The molecule has 0 saturated heterocycles. The molecular weight excluding hydrogens is 190 g/mol. The first-order valence-corrected chi connectivity index (χ1v) is 4.38. The van der Waals surface area contributed by atoms with E-state index in [0.717, 1.165) is 0 Å². The fraction of sp³-hybridized carbons (Fsp3) is 0.500. The molecule has 0 aliphatic heterocycles. The Morgan fingerprint density at radius 1 is 1.54 bits per heavy atom. The molecule has 0 spiro atoms. The van der Waals surface area contributed by atoms with Crippen molar-refractivity contribution in [2.45, 2.75) is 20.0 Å². The van der Waals surface area contributed by atoms with Gasteiger partial charge in [-0.2, -0.15) is 4.98 Å². The lowest BCUT2D eigenvalue weighted by Crippen LogP contribution is -2.08. The summed E-state index contributed by atoms with van der Waals surface area (Å²) in [7, 11) is 1.76. The minimum absolute atomic E-state index is 0.0943. The van der Waals surface area contributed by atoms with E-state index < -0.39 is 0 Å². The van der Waals surface area contributed by atoms with Crippen LogP contribution in [0.2, 0.25) is 5.28 Å². The first-order chi connectivity index (χ1) is 6.13. The van der Waals surface area contributed by atoms with Crippen LogP contribution in [0.15, 0.2) is 6.20 Å². The van der Waals surface area contributed by atoms with Gasteiger partial charge >= 0.3 is 0 Å². The third-order valence-corrected chi connectivity index (χ3v) is 1.51. The minimum atomic E-state index is 0.0943. The van der Waals surface area contributed by atoms with Crippen molar-refractivity contribution in [3.63, 3.8) is 0 Å². The van der Waals surface area contributed by atoms with Crippen LogP contribution < -0.4 is 10.1 Å². The predicted octanol–water partition coefficient (Wildman–Crippen LogP) is 1.96. The van der Waals surface area contributed by atoms with E-state index in [0.29, 0.717) is 11.6 Å². The molecule has 0 aromatic carbocycles. The van der Waals surface area contributed by atoms with Crippen LogP contribution in [-0.2, 0) is 0 Å². The maximum atomic E-state index is 5.61. The summed E-state index contributed by atoms with van der Waals surface area (Å²) in [5.74, 6) is 1.22. The van der Waals surface area contributed by atoms with Gasteiger partial charge in [-0.05, 0) is 25.4 Å². The maximum Gasteiger partial charge on any atom is 0.224 e. The normalized spacial score (nSPS) is 10.2. The Bertz CT molecular complexity index is 291. The summed E-state index contributed by atoms with van der Waals surface area (Å²) in [6.07, 6.45) is 1.65. The van der Waals surface area contributed by atoms with Gasteiger partial charge < -0.3 is 10.1 Å². The van der Waals surface area contributed by atoms with Crippen molar-refractivity contribution in [1.29, 1.82) is 0 Å². The molecule has 1 heterocycles. The van der Waals surface area contributed by atoms with Gasteiger partial charge in [0, 0.05) is 7.05 Å². The van der Waals surface area contributed by atoms with E-state index in [1.807, 2.05) is 13.8 Å². The summed E-state index contributed by atoms with van der Waals surface area (Å²) in [6, 6.07) is 0. The Morgan fingerprint density at radius 2 is 2.23 bits per heavy atom. The fourth-order valence-electron chi connectivity index (χ4n) is 0.869. The second kappa shape index (κ2) is 4.28. The minimum Gasteiger partial charge on any atom is -0.486 e. The van der Waals surface area contributed by atoms with Crippen LogP contribution in [0.1, 0.15) is 13.8 Å². The first kappa shape index (κ1) is 10.1. The molecule has 1 N–H and O–H groups in total. The van der Waals surface area contributed by atoms with E-state index >= 15 is 0 Å². The predicted molar refractivity (Wildman–Crippen MR) is 52.4 cm³/mol. The molecule has 4 nitrogen and oxygen atoms in total. The number of anilines is 1. The SMILES string of the molecule is CNc1nc(Cl)ncc1OC(C)C. The number of nitrogens with one attached hydrogen (secondary N) is 1. The third-order valence-electron chi connectivity index (χ3n) is 1.33. The molecule has 1 rings (SSSR count). The molecule has 0 bridgehead atoms. The average Bonchev–Trinajstić information content (AvgIpc) is 2.07. The Balaban J connectivity index is 2.92. The molecule has 0 saturated carbocycles. The van der Waals surface area contributed by atoms with Gasteiger partial charge in [-0.1, -0.05) is 0 Å². The molecule has 72 valence electrons. The Kier molecular flexibility index (Phi) is 3.31. The lowest BCUT2D eigenvalue weighted by atomic mass is 10.4. The monoisotopic (exact) mass is 201 g/mol. The van der Waals surface area contributed by atoms with Gasteiger partial charge in [0.1, 0.15) is 0 Å². The molecule has 13 heavy (non-hydrogen) atoms. The first-order valence-electron chi connectivity index (χ1n) is 4.00. The van der Waals surface area contributed by atoms with Gasteiger partial charge in [0.25, 0.3) is 0 Å². The molecule has 0 radical (unpaired) electrons. The van der Waals surface area contributed by atoms with Gasteiger partial charge in [-0.25, -0.2) is 4.98 Å². The number of rotatable bonds is 3. The van der Waals surface area contributed by atoms with Crippen LogP contribution in [0, 0.1) is 0 Å². The van der Waals surface area contributed by atoms with E-state index in [2.05, 4.69) is 15.3 Å². The van der Waals surface area contributed by atoms with E-state index in [4.69, 9.17) is 16.3 Å². The number of hydrogen-bond donors (Lipinski definition) is 1. The summed E-state index contributed by atoms with van der Waals surface area (Å²) >= 11 is 5.61. The summed E-state index contributed by atoms with van der Waals surface area (Å²) in [4.78, 5) is 7.79. The van der Waals surface area contributed by atoms with E-state index in [1.54, 1.807) is 13.2 Å². The zero-order valence-electron chi connectivity index (χ0n) is 7.84. The van der Waals surface area contributed by atoms with Crippen LogP contribution in [0.5, 0.6) is 5.75 Å². The molecule has 0 aliphatic rings. The van der Waals surface area contributed by atoms with Gasteiger partial charge in [-0.3, -0.25) is 0 Å². The van der Waals surface area contributed by atoms with Crippen molar-refractivity contribution >= 4 is 17.4 Å². The molecule has 0 fully saturated rings. The van der Waals surface area contributed by atoms with Crippen LogP contribution in [0.25, 0.3) is 0 Å². The summed E-state index contributed by atoms with van der Waals surface area (Å²) in [5.41, 5.74) is 0. The Hall–Kier alpha value is -1.03. The molecule has 0 atom stereocenters. The van der Waals surface area contributed by atoms with E-state index in [1.165, 1.54) is 0 Å². The fourth-order valence-corrected chi connectivity index (χ4v) is 1.00. The van der Waals surface area contributed by atoms with Crippen molar-refractivity contribution < 1.29 is 4.74 Å². The topological polar surface area (TPSA) is 47.0 Å². The number of halogens is 1. The zero-order chi connectivity index (χ0) is 9.84. The van der Waals surface area contributed by atoms with Crippen LogP contribution in [0.3, 0.4) is 0 Å². The largest absolute Gasteiger partial charge is 0.486 e. The van der Waals surface area contributed by atoms with Gasteiger partial charge in [0.05, 0.1) is 12.3 Å². The molecule has 1 aromatic rings. The van der Waals surface area contributed by atoms with Gasteiger partial charge in [0.2, 0.25) is 5.28 Å². The van der Waals surface area contributed by atoms with E-state index in [-0.39, 0.29) is 11.4 Å². The quantitative estimate of drug-likeness (QED) is 0.760. The summed E-state index contributed by atoms with van der Waals surface area (Å²) in [5, 5.41) is 3.09. The van der Waals surface area contributed by atoms with Crippen LogP contribution >= 0.6 is 11.6 Å². The van der Waals surface area contributed by atoms with Crippen LogP contribution in [0.4, 0.5) is 5.82 Å². The second-order valence-electron chi connectivity index (χ2n) is 2.77. The Labute approximate surface area is 82.3 Å². The lowest BCUT2D eigenvalue weighted by Gasteiger charge is -2.12. The lowest BCUT2D eigenvalue weighted by molar-refractivity contribution is 0.242. The third kappa shape index (κ3) is 2.73. The van der Waals surface area contributed by atoms with Crippen molar-refractivity contribution in [3.05, 3.63) is 11.5 Å². The highest BCUT2D eigenvalue weighted by atomic mass is 35.5. The van der Waals surface area contributed by atoms with Gasteiger partial charge in [0.15, 0.2) is 11.6 Å². The summed E-state index contributed by atoms with van der Waals surface area (Å²) in [6.45, 7) is 3.88. The number of nitrogens with zero attached hydrogens (tertiary/aromatic N) is 2. The molecule has 0 aliphatic carbocycles. The smallest absolute Gasteiger partial charge is 0.224 e. The Morgan fingerprint density at radius 3 is 2.77 bits per heavy atom. The molecular formula is C8H12ClN3O. The van der Waals surface area contributed by atoms with Crippen molar-refractivity contribution in [3.8, 4) is 5.75 Å². The molecule has 0 amide bonds. The second-order valence-corrected chi connectivity index (χ2v) is 3.11. The maximum absolute atomic E-state index is 5.61. The van der Waals surface area contributed by atoms with E-state index in [9.17, 15) is 0 Å².